The molecule has 3 heterocycles. The Balaban J connectivity index is 0.000000611. The molecule has 11 nitrogen and oxygen atoms in total. The van der Waals surface area contributed by atoms with Gasteiger partial charge >= 0.3 is 0 Å². The second kappa shape index (κ2) is 14.5. The molecule has 0 unspecified atom stereocenters. The second-order valence-electron chi connectivity index (χ2n) is 8.71. The van der Waals surface area contributed by atoms with Crippen LogP contribution < -0.4 is 15.5 Å². The summed E-state index contributed by atoms with van der Waals surface area (Å²) in [5, 5.41) is 27.3. The van der Waals surface area contributed by atoms with Crippen molar-refractivity contribution in [2.75, 3.05) is 49.6 Å². The van der Waals surface area contributed by atoms with Crippen molar-refractivity contribution in [3.63, 3.8) is 0 Å². The Morgan fingerprint density at radius 1 is 1.00 bits per heavy atom. The van der Waals surface area contributed by atoms with Crippen molar-refractivity contribution in [1.29, 1.82) is 0 Å². The molecule has 2 fully saturated rings. The predicted molar refractivity (Wildman–Crippen MR) is 143 cm³/mol. The number of hydrogen-bond donors (Lipinski definition) is 5. The number of H-pyrrole nitrogens is 1. The number of ether oxygens (including phenoxy) is 1. The minimum atomic E-state index is -0.546. The fourth-order valence-corrected chi connectivity index (χ4v) is 4.74. The summed E-state index contributed by atoms with van der Waals surface area (Å²) in [5.74, 6) is 0.0641. The lowest BCUT2D eigenvalue weighted by molar-refractivity contribution is -0.123. The maximum atomic E-state index is 13.7. The number of aromatic amines is 1. The first kappa shape index (κ1) is 28.4. The van der Waals surface area contributed by atoms with Gasteiger partial charge in [-0.15, -0.1) is 0 Å². The van der Waals surface area contributed by atoms with Crippen molar-refractivity contribution in [2.24, 2.45) is 0 Å². The fraction of sp³-hybridized carbons (Fsp3) is 0.333. The lowest BCUT2D eigenvalue weighted by Gasteiger charge is -2.37. The van der Waals surface area contributed by atoms with Gasteiger partial charge in [0.25, 0.3) is 12.9 Å². The number of carboxylic acid groups (broad SMARTS) is 2. The molecule has 2 aliphatic heterocycles. The summed E-state index contributed by atoms with van der Waals surface area (Å²) < 4.78 is 5.47. The van der Waals surface area contributed by atoms with Gasteiger partial charge in [-0.25, -0.2) is 0 Å². The minimum absolute atomic E-state index is 0.0641. The zero-order chi connectivity index (χ0) is 27.2. The second-order valence-corrected chi connectivity index (χ2v) is 8.71. The molecule has 1 amide bonds. The molecule has 2 aromatic carbocycles. The van der Waals surface area contributed by atoms with Gasteiger partial charge in [-0.3, -0.25) is 19.5 Å². The SMILES string of the molecule is O=C(Nc1cccc(N2CCOCC2)c1)C1(c2ccc(-c3cn[nH]c3)cc2)CCNCC1.O=CO.O=CO. The molecule has 3 aromatic rings. The Kier molecular flexibility index (Phi) is 10.8. The lowest BCUT2D eigenvalue weighted by Crippen LogP contribution is -2.48. The molecule has 202 valence electrons. The van der Waals surface area contributed by atoms with Crippen LogP contribution in [0.2, 0.25) is 0 Å². The third-order valence-electron chi connectivity index (χ3n) is 6.64. The van der Waals surface area contributed by atoms with Gasteiger partial charge in [0, 0.05) is 36.2 Å². The van der Waals surface area contributed by atoms with Crippen molar-refractivity contribution in [3.05, 3.63) is 66.5 Å². The van der Waals surface area contributed by atoms with E-state index >= 15 is 0 Å². The first-order chi connectivity index (χ1) is 18.6. The van der Waals surface area contributed by atoms with E-state index in [1.807, 2.05) is 24.5 Å². The van der Waals surface area contributed by atoms with Crippen LogP contribution in [0.15, 0.2) is 60.9 Å². The molecule has 0 spiro atoms. The largest absolute Gasteiger partial charge is 0.483 e. The van der Waals surface area contributed by atoms with Gasteiger partial charge in [0.05, 0.1) is 24.8 Å². The topological polar surface area (TPSA) is 157 Å². The van der Waals surface area contributed by atoms with Crippen LogP contribution in [0.4, 0.5) is 11.4 Å². The van der Waals surface area contributed by atoms with Crippen LogP contribution in [0, 0.1) is 0 Å². The Morgan fingerprint density at radius 2 is 1.66 bits per heavy atom. The molecule has 0 aliphatic carbocycles. The van der Waals surface area contributed by atoms with Crippen molar-refractivity contribution in [1.82, 2.24) is 15.5 Å². The van der Waals surface area contributed by atoms with E-state index in [-0.39, 0.29) is 18.9 Å². The number of piperidine rings is 1. The predicted octanol–water partition coefficient (Wildman–Crippen LogP) is 2.57. The van der Waals surface area contributed by atoms with E-state index in [0.29, 0.717) is 0 Å². The van der Waals surface area contributed by atoms with Crippen LogP contribution in [-0.2, 0) is 24.5 Å². The van der Waals surface area contributed by atoms with Crippen LogP contribution >= 0.6 is 0 Å². The van der Waals surface area contributed by atoms with Crippen molar-refractivity contribution in [2.45, 2.75) is 18.3 Å². The van der Waals surface area contributed by atoms with Gasteiger partial charge in [0.2, 0.25) is 5.91 Å². The molecule has 5 N–H and O–H groups in total. The molecule has 2 saturated heterocycles. The molecule has 0 saturated carbocycles. The molecule has 38 heavy (non-hydrogen) atoms. The van der Waals surface area contributed by atoms with E-state index in [1.165, 1.54) is 0 Å². The zero-order valence-corrected chi connectivity index (χ0v) is 21.0. The summed E-state index contributed by atoms with van der Waals surface area (Å²) in [7, 11) is 0. The first-order valence-corrected chi connectivity index (χ1v) is 12.3. The standard InChI is InChI=1S/C25H29N5O2.2CH2O2/c31-24(29-22-2-1-3-23(16-22)30-12-14-32-15-13-30)25(8-10-26-11-9-25)21-6-4-19(5-7-21)20-17-27-28-18-20;2*2-1-3/h1-7,16-18,26H,8-15H2,(H,27,28)(H,29,31);2*1H,(H,2,3). The highest BCUT2D eigenvalue weighted by Gasteiger charge is 2.41. The van der Waals surface area contributed by atoms with E-state index in [9.17, 15) is 4.79 Å². The number of carbonyl (C=O) groups excluding carboxylic acids is 1. The molecule has 1 aromatic heterocycles. The van der Waals surface area contributed by atoms with Gasteiger partial charge in [-0.2, -0.15) is 5.10 Å². The third-order valence-corrected chi connectivity index (χ3v) is 6.64. The smallest absolute Gasteiger partial charge is 0.290 e. The number of rotatable bonds is 5. The lowest BCUT2D eigenvalue weighted by atomic mass is 9.72. The number of morpholine rings is 1. The monoisotopic (exact) mass is 523 g/mol. The van der Waals surface area contributed by atoms with Gasteiger partial charge in [0.1, 0.15) is 0 Å². The number of amides is 1. The van der Waals surface area contributed by atoms with Crippen LogP contribution in [0.3, 0.4) is 0 Å². The number of aromatic nitrogens is 2. The van der Waals surface area contributed by atoms with Gasteiger partial charge in [-0.05, 0) is 55.3 Å². The maximum Gasteiger partial charge on any atom is 0.290 e. The Bertz CT molecular complexity index is 1140. The number of benzene rings is 2. The van der Waals surface area contributed by atoms with Crippen molar-refractivity contribution < 1.29 is 29.3 Å². The summed E-state index contributed by atoms with van der Waals surface area (Å²) in [6.45, 7) is 4.37. The highest BCUT2D eigenvalue weighted by molar-refractivity contribution is 5.99. The molecule has 11 heteroatoms. The summed E-state index contributed by atoms with van der Waals surface area (Å²) in [6, 6.07) is 16.5. The summed E-state index contributed by atoms with van der Waals surface area (Å²) >= 11 is 0. The number of anilines is 2. The van der Waals surface area contributed by atoms with E-state index in [1.54, 1.807) is 0 Å². The summed E-state index contributed by atoms with van der Waals surface area (Å²) in [6.07, 6.45) is 5.23. The number of nitrogens with zero attached hydrogens (tertiary/aromatic N) is 2. The molecule has 0 bridgehead atoms. The molecular weight excluding hydrogens is 490 g/mol. The van der Waals surface area contributed by atoms with E-state index < -0.39 is 5.41 Å². The number of nitrogens with one attached hydrogen (secondary N) is 3. The Morgan fingerprint density at radius 3 is 2.26 bits per heavy atom. The van der Waals surface area contributed by atoms with E-state index in [0.717, 1.165) is 80.3 Å². The number of hydrogen-bond acceptors (Lipinski definition) is 7. The Labute approximate surface area is 220 Å². The maximum absolute atomic E-state index is 13.7. The van der Waals surface area contributed by atoms with Crippen molar-refractivity contribution >= 4 is 30.2 Å². The minimum Gasteiger partial charge on any atom is -0.483 e. The molecular formula is C27H33N5O6. The zero-order valence-electron chi connectivity index (χ0n) is 21.0. The average Bonchev–Trinajstić information content (AvgIpc) is 3.50. The highest BCUT2D eigenvalue weighted by atomic mass is 16.5. The highest BCUT2D eigenvalue weighted by Crippen LogP contribution is 2.36. The Hall–Kier alpha value is -4.22. The quantitative estimate of drug-likeness (QED) is 0.317. The third kappa shape index (κ3) is 7.17. The average molecular weight is 524 g/mol. The van der Waals surface area contributed by atoms with Crippen LogP contribution in [0.25, 0.3) is 11.1 Å². The molecule has 0 atom stereocenters. The van der Waals surface area contributed by atoms with Gasteiger partial charge < -0.3 is 30.5 Å². The first-order valence-electron chi connectivity index (χ1n) is 12.3. The van der Waals surface area contributed by atoms with E-state index in [2.05, 4.69) is 62.1 Å². The normalized spacial score (nSPS) is 16.1. The summed E-state index contributed by atoms with van der Waals surface area (Å²) in [5.41, 5.74) is 4.61. The van der Waals surface area contributed by atoms with Crippen LogP contribution in [0.5, 0.6) is 0 Å². The van der Waals surface area contributed by atoms with Gasteiger partial charge in [0.15, 0.2) is 0 Å². The number of carbonyl (C=O) groups is 3. The molecule has 0 radical (unpaired) electrons. The van der Waals surface area contributed by atoms with Gasteiger partial charge in [-0.1, -0.05) is 30.3 Å². The van der Waals surface area contributed by atoms with Crippen LogP contribution in [0.1, 0.15) is 18.4 Å². The fourth-order valence-electron chi connectivity index (χ4n) is 4.74. The van der Waals surface area contributed by atoms with Crippen molar-refractivity contribution in [3.8, 4) is 11.1 Å². The summed E-state index contributed by atoms with van der Waals surface area (Å²) in [4.78, 5) is 32.7. The van der Waals surface area contributed by atoms with Crippen LogP contribution in [-0.4, -0.2) is 78.7 Å². The van der Waals surface area contributed by atoms with E-state index in [4.69, 9.17) is 24.5 Å². The molecule has 5 rings (SSSR count). The molecule has 2 aliphatic rings.